The third-order valence-corrected chi connectivity index (χ3v) is 2.20. The van der Waals surface area contributed by atoms with Crippen LogP contribution >= 0.6 is 0 Å². The summed E-state index contributed by atoms with van der Waals surface area (Å²) in [4.78, 5) is 0. The maximum atomic E-state index is 5.80. The van der Waals surface area contributed by atoms with Gasteiger partial charge in [-0.15, -0.1) is 0 Å². The molecule has 0 fully saturated rings. The van der Waals surface area contributed by atoms with Crippen molar-refractivity contribution in [2.24, 2.45) is 5.73 Å². The van der Waals surface area contributed by atoms with Gasteiger partial charge in [-0.25, -0.2) is 0 Å². The van der Waals surface area contributed by atoms with Crippen LogP contribution in [0.25, 0.3) is 0 Å². The number of benzene rings is 1. The molecule has 0 saturated heterocycles. The minimum Gasteiger partial charge on any atom is -0.489 e. The third kappa shape index (κ3) is 3.40. The van der Waals surface area contributed by atoms with Crippen molar-refractivity contribution in [2.75, 3.05) is 6.61 Å². The highest BCUT2D eigenvalue weighted by Crippen LogP contribution is 2.22. The molecular weight excluding hydrogens is 186 g/mol. The van der Waals surface area contributed by atoms with Gasteiger partial charge in [0, 0.05) is 6.04 Å². The molecule has 15 heavy (non-hydrogen) atoms. The largest absolute Gasteiger partial charge is 0.489 e. The van der Waals surface area contributed by atoms with Gasteiger partial charge in [-0.1, -0.05) is 18.7 Å². The Labute approximate surface area is 91.7 Å². The molecule has 0 aliphatic carbocycles. The summed E-state index contributed by atoms with van der Waals surface area (Å²) in [6.07, 6.45) is 0. The van der Waals surface area contributed by atoms with Crippen molar-refractivity contribution in [3.05, 3.63) is 41.5 Å². The van der Waals surface area contributed by atoms with Crippen molar-refractivity contribution in [1.29, 1.82) is 0 Å². The van der Waals surface area contributed by atoms with E-state index in [1.54, 1.807) is 0 Å². The van der Waals surface area contributed by atoms with E-state index in [1.807, 2.05) is 32.9 Å². The first kappa shape index (κ1) is 11.8. The van der Waals surface area contributed by atoms with Crippen LogP contribution in [0.5, 0.6) is 5.75 Å². The number of nitrogens with two attached hydrogens (primary N) is 1. The fourth-order valence-electron chi connectivity index (χ4n) is 1.32. The average molecular weight is 205 g/mol. The topological polar surface area (TPSA) is 35.2 Å². The predicted octanol–water partition coefficient (Wildman–Crippen LogP) is 2.97. The maximum absolute atomic E-state index is 5.80. The highest BCUT2D eigenvalue weighted by Gasteiger charge is 2.04. The monoisotopic (exact) mass is 205 g/mol. The van der Waals surface area contributed by atoms with E-state index in [2.05, 4.69) is 12.6 Å². The second-order valence-electron chi connectivity index (χ2n) is 4.06. The van der Waals surface area contributed by atoms with Crippen molar-refractivity contribution in [3.8, 4) is 5.75 Å². The number of hydrogen-bond acceptors (Lipinski definition) is 2. The summed E-state index contributed by atoms with van der Waals surface area (Å²) < 4.78 is 5.59. The Morgan fingerprint density at radius 2 is 2.20 bits per heavy atom. The molecule has 2 N–H and O–H groups in total. The summed E-state index contributed by atoms with van der Waals surface area (Å²) in [5.41, 5.74) is 9.07. The Balaban J connectivity index is 2.79. The van der Waals surface area contributed by atoms with Gasteiger partial charge in [0.2, 0.25) is 0 Å². The molecule has 1 unspecified atom stereocenters. The zero-order valence-electron chi connectivity index (χ0n) is 9.71. The summed E-state index contributed by atoms with van der Waals surface area (Å²) in [6.45, 7) is 10.3. The summed E-state index contributed by atoms with van der Waals surface area (Å²) >= 11 is 0. The maximum Gasteiger partial charge on any atom is 0.122 e. The minimum atomic E-state index is 0.0684. The van der Waals surface area contributed by atoms with E-state index in [1.165, 1.54) is 0 Å². The van der Waals surface area contributed by atoms with E-state index >= 15 is 0 Å². The summed E-state index contributed by atoms with van der Waals surface area (Å²) in [5, 5.41) is 0. The fraction of sp³-hybridized carbons (Fsp3) is 0.385. The summed E-state index contributed by atoms with van der Waals surface area (Å²) in [6, 6.07) is 6.11. The predicted molar refractivity (Wildman–Crippen MR) is 64.1 cm³/mol. The van der Waals surface area contributed by atoms with Crippen LogP contribution in [0.2, 0.25) is 0 Å². The molecule has 1 rings (SSSR count). The molecule has 2 heteroatoms. The Kier molecular flexibility index (Phi) is 3.92. The quantitative estimate of drug-likeness (QED) is 0.767. The third-order valence-electron chi connectivity index (χ3n) is 2.20. The molecule has 0 aliphatic heterocycles. The molecule has 0 aliphatic rings. The van der Waals surface area contributed by atoms with E-state index in [4.69, 9.17) is 10.5 Å². The Morgan fingerprint density at radius 3 is 2.67 bits per heavy atom. The van der Waals surface area contributed by atoms with Crippen LogP contribution < -0.4 is 10.5 Å². The molecular formula is C13H19NO. The molecule has 0 radical (unpaired) electrons. The zero-order chi connectivity index (χ0) is 11.4. The second kappa shape index (κ2) is 4.99. The first-order valence-electron chi connectivity index (χ1n) is 5.14. The number of rotatable bonds is 4. The minimum absolute atomic E-state index is 0.0684. The SMILES string of the molecule is C=C(C)COc1ccc(C(C)N)cc1C. The van der Waals surface area contributed by atoms with Crippen LogP contribution in [-0.2, 0) is 0 Å². The molecule has 1 atom stereocenters. The van der Waals surface area contributed by atoms with E-state index in [-0.39, 0.29) is 6.04 Å². The molecule has 0 spiro atoms. The van der Waals surface area contributed by atoms with Crippen molar-refractivity contribution in [1.82, 2.24) is 0 Å². The number of aryl methyl sites for hydroxylation is 1. The first-order valence-corrected chi connectivity index (χ1v) is 5.14. The molecule has 0 bridgehead atoms. The van der Waals surface area contributed by atoms with Crippen LogP contribution in [0.15, 0.2) is 30.4 Å². The first-order chi connectivity index (χ1) is 7.00. The van der Waals surface area contributed by atoms with Gasteiger partial charge in [-0.2, -0.15) is 0 Å². The van der Waals surface area contributed by atoms with Crippen LogP contribution in [-0.4, -0.2) is 6.61 Å². The van der Waals surface area contributed by atoms with Crippen LogP contribution in [0.4, 0.5) is 0 Å². The highest BCUT2D eigenvalue weighted by atomic mass is 16.5. The number of hydrogen-bond donors (Lipinski definition) is 1. The molecule has 82 valence electrons. The van der Waals surface area contributed by atoms with Crippen LogP contribution in [0.1, 0.15) is 31.0 Å². The van der Waals surface area contributed by atoms with Gasteiger partial charge in [-0.05, 0) is 43.5 Å². The van der Waals surface area contributed by atoms with Gasteiger partial charge in [0.25, 0.3) is 0 Å². The van der Waals surface area contributed by atoms with Crippen LogP contribution in [0, 0.1) is 6.92 Å². The van der Waals surface area contributed by atoms with Crippen molar-refractivity contribution >= 4 is 0 Å². The average Bonchev–Trinajstić information content (AvgIpc) is 2.15. The lowest BCUT2D eigenvalue weighted by molar-refractivity contribution is 0.350. The molecule has 0 heterocycles. The standard InChI is InChI=1S/C13H19NO/c1-9(2)8-15-13-6-5-12(11(4)14)7-10(13)3/h5-7,11H,1,8,14H2,2-4H3. The van der Waals surface area contributed by atoms with Crippen molar-refractivity contribution in [2.45, 2.75) is 26.8 Å². The van der Waals surface area contributed by atoms with Gasteiger partial charge in [-0.3, -0.25) is 0 Å². The normalized spacial score (nSPS) is 12.3. The van der Waals surface area contributed by atoms with Crippen molar-refractivity contribution < 1.29 is 4.74 Å². The van der Waals surface area contributed by atoms with E-state index in [9.17, 15) is 0 Å². The zero-order valence-corrected chi connectivity index (χ0v) is 9.71. The molecule has 0 aromatic heterocycles. The molecule has 1 aromatic rings. The lowest BCUT2D eigenvalue weighted by Gasteiger charge is -2.12. The van der Waals surface area contributed by atoms with Gasteiger partial charge < -0.3 is 10.5 Å². The Hall–Kier alpha value is -1.28. The van der Waals surface area contributed by atoms with Crippen LogP contribution in [0.3, 0.4) is 0 Å². The van der Waals surface area contributed by atoms with Gasteiger partial charge in [0.1, 0.15) is 12.4 Å². The highest BCUT2D eigenvalue weighted by molar-refractivity contribution is 5.37. The fourth-order valence-corrected chi connectivity index (χ4v) is 1.32. The van der Waals surface area contributed by atoms with Gasteiger partial charge >= 0.3 is 0 Å². The summed E-state index contributed by atoms with van der Waals surface area (Å²) in [5.74, 6) is 0.905. The smallest absolute Gasteiger partial charge is 0.122 e. The molecule has 2 nitrogen and oxygen atoms in total. The van der Waals surface area contributed by atoms with Gasteiger partial charge in [0.15, 0.2) is 0 Å². The van der Waals surface area contributed by atoms with Gasteiger partial charge in [0.05, 0.1) is 0 Å². The van der Waals surface area contributed by atoms with E-state index in [0.717, 1.165) is 22.4 Å². The van der Waals surface area contributed by atoms with Crippen molar-refractivity contribution in [3.63, 3.8) is 0 Å². The Bertz CT molecular complexity index is 356. The summed E-state index contributed by atoms with van der Waals surface area (Å²) in [7, 11) is 0. The Morgan fingerprint density at radius 1 is 1.53 bits per heavy atom. The molecule has 0 saturated carbocycles. The van der Waals surface area contributed by atoms with E-state index < -0.39 is 0 Å². The number of ether oxygens (including phenoxy) is 1. The lowest BCUT2D eigenvalue weighted by Crippen LogP contribution is -2.06. The van der Waals surface area contributed by atoms with E-state index in [0.29, 0.717) is 6.61 Å². The molecule has 1 aromatic carbocycles. The molecule has 0 amide bonds. The lowest BCUT2D eigenvalue weighted by atomic mass is 10.1. The second-order valence-corrected chi connectivity index (χ2v) is 4.06.